The molecule has 0 aromatic rings. The van der Waals surface area contributed by atoms with Crippen LogP contribution in [0.4, 0.5) is 0 Å². The molecule has 3 fully saturated rings. The molecule has 7 unspecified atom stereocenters. The van der Waals surface area contributed by atoms with Crippen molar-refractivity contribution < 1.29 is 49.6 Å². The smallest absolute Gasteiger partial charge is 0.187 e. The van der Waals surface area contributed by atoms with Crippen LogP contribution in [0.2, 0.25) is 0 Å². The summed E-state index contributed by atoms with van der Waals surface area (Å²) < 4.78 is 22.7. The van der Waals surface area contributed by atoms with Crippen molar-refractivity contribution in [1.82, 2.24) is 0 Å². The van der Waals surface area contributed by atoms with Gasteiger partial charge in [-0.1, -0.05) is 6.92 Å². The van der Waals surface area contributed by atoms with E-state index in [1.54, 1.807) is 6.92 Å². The Kier molecular flexibility index (Phi) is 8.24. The van der Waals surface area contributed by atoms with Crippen LogP contribution in [-0.4, -0.2) is 123 Å². The average Bonchev–Trinajstić information content (AvgIpc) is 3.02. The molecule has 14 atom stereocenters. The summed E-state index contributed by atoms with van der Waals surface area (Å²) in [5.41, 5.74) is 18.1. The molecule has 1 saturated carbocycles. The first-order valence-electron chi connectivity index (χ1n) is 10.5. The molecule has 0 aromatic heterocycles. The van der Waals surface area contributed by atoms with E-state index in [0.717, 1.165) is 0 Å². The molecule has 182 valence electrons. The molecular formula is C18H35N3O10. The third kappa shape index (κ3) is 4.89. The molecule has 0 radical (unpaired) electrons. The minimum Gasteiger partial charge on any atom is -0.394 e. The number of hydrogen-bond acceptors (Lipinski definition) is 13. The van der Waals surface area contributed by atoms with E-state index in [0.29, 0.717) is 6.42 Å². The normalized spacial score (nSPS) is 53.6. The maximum atomic E-state index is 10.7. The Morgan fingerprint density at radius 2 is 1.32 bits per heavy atom. The highest BCUT2D eigenvalue weighted by Crippen LogP contribution is 2.32. The molecular weight excluding hydrogens is 418 g/mol. The van der Waals surface area contributed by atoms with Gasteiger partial charge in [-0.15, -0.1) is 0 Å². The van der Waals surface area contributed by atoms with E-state index in [1.807, 2.05) is 0 Å². The lowest BCUT2D eigenvalue weighted by molar-refractivity contribution is -0.310. The van der Waals surface area contributed by atoms with Crippen molar-refractivity contribution in [3.8, 4) is 0 Å². The Hall–Kier alpha value is -0.520. The predicted molar refractivity (Wildman–Crippen MR) is 103 cm³/mol. The first-order valence-corrected chi connectivity index (χ1v) is 10.5. The van der Waals surface area contributed by atoms with Gasteiger partial charge in [0.15, 0.2) is 12.6 Å². The van der Waals surface area contributed by atoms with Gasteiger partial charge in [-0.3, -0.25) is 0 Å². The van der Waals surface area contributed by atoms with Gasteiger partial charge in [0, 0.05) is 12.1 Å². The minimum absolute atomic E-state index is 0.163. The molecule has 1 aliphatic carbocycles. The van der Waals surface area contributed by atoms with E-state index in [1.165, 1.54) is 0 Å². The molecule has 3 aliphatic rings. The number of aliphatic hydroxyl groups excluding tert-OH is 6. The van der Waals surface area contributed by atoms with Crippen LogP contribution in [0, 0.1) is 0 Å². The van der Waals surface area contributed by atoms with Crippen molar-refractivity contribution >= 4 is 0 Å². The molecule has 0 amide bonds. The van der Waals surface area contributed by atoms with Gasteiger partial charge in [-0.2, -0.15) is 0 Å². The average molecular weight is 453 g/mol. The van der Waals surface area contributed by atoms with Crippen molar-refractivity contribution in [3.63, 3.8) is 0 Å². The fraction of sp³-hybridized carbons (Fsp3) is 1.00. The van der Waals surface area contributed by atoms with E-state index in [4.69, 9.17) is 36.1 Å². The van der Waals surface area contributed by atoms with E-state index < -0.39 is 92.2 Å². The van der Waals surface area contributed by atoms with Gasteiger partial charge in [-0.05, 0) is 12.8 Å². The number of aliphatic hydroxyl groups is 6. The second kappa shape index (κ2) is 10.2. The molecule has 3 rings (SSSR count). The molecule has 13 nitrogen and oxygen atoms in total. The summed E-state index contributed by atoms with van der Waals surface area (Å²) in [6.07, 6.45) is -12.7. The van der Waals surface area contributed by atoms with Gasteiger partial charge in [0.05, 0.1) is 24.9 Å². The fourth-order valence-corrected chi connectivity index (χ4v) is 4.31. The van der Waals surface area contributed by atoms with Gasteiger partial charge in [0.1, 0.15) is 42.7 Å². The molecule has 31 heavy (non-hydrogen) atoms. The van der Waals surface area contributed by atoms with Crippen LogP contribution in [-0.2, 0) is 18.9 Å². The molecule has 13 heteroatoms. The summed E-state index contributed by atoms with van der Waals surface area (Å²) in [7, 11) is 0. The second-order valence-electron chi connectivity index (χ2n) is 8.47. The maximum Gasteiger partial charge on any atom is 0.187 e. The highest BCUT2D eigenvalue weighted by atomic mass is 16.7. The molecule has 2 aliphatic heterocycles. The van der Waals surface area contributed by atoms with Gasteiger partial charge in [0.25, 0.3) is 0 Å². The van der Waals surface area contributed by atoms with Crippen LogP contribution in [0.5, 0.6) is 0 Å². The standard InChI is InChI=1S/C18H35N3O10/c1-2-7-11(24)14(27)18(28-7)31-16-10(23)5(19)3-6(20)15(16)30-17-9(21)13(26)12(25)8(4-22)29-17/h5-18,22-27H,2-4,19-21H2,1H3/t5-,6?,7-,8?,9?,10-,11?,12-,13?,14?,15-,16?,17-,18+/m1/s1. The van der Waals surface area contributed by atoms with Gasteiger partial charge in [-0.25, -0.2) is 0 Å². The second-order valence-corrected chi connectivity index (χ2v) is 8.47. The Balaban J connectivity index is 1.78. The lowest BCUT2D eigenvalue weighted by Gasteiger charge is -2.47. The van der Waals surface area contributed by atoms with Crippen molar-refractivity contribution in [1.29, 1.82) is 0 Å². The van der Waals surface area contributed by atoms with Crippen LogP contribution in [0.3, 0.4) is 0 Å². The van der Waals surface area contributed by atoms with Crippen molar-refractivity contribution in [3.05, 3.63) is 0 Å². The zero-order valence-electron chi connectivity index (χ0n) is 17.3. The number of hydrogen-bond donors (Lipinski definition) is 9. The number of ether oxygens (including phenoxy) is 4. The lowest BCUT2D eigenvalue weighted by atomic mass is 9.84. The Morgan fingerprint density at radius 3 is 1.90 bits per heavy atom. The zero-order chi connectivity index (χ0) is 23.0. The summed E-state index contributed by atoms with van der Waals surface area (Å²) in [5.74, 6) is 0. The van der Waals surface area contributed by atoms with Crippen molar-refractivity contribution in [2.75, 3.05) is 6.61 Å². The highest BCUT2D eigenvalue weighted by Gasteiger charge is 2.51. The van der Waals surface area contributed by atoms with Crippen molar-refractivity contribution in [2.24, 2.45) is 17.2 Å². The third-order valence-electron chi connectivity index (χ3n) is 6.30. The number of nitrogens with two attached hydrogens (primary N) is 3. The third-order valence-corrected chi connectivity index (χ3v) is 6.30. The molecule has 12 N–H and O–H groups in total. The molecule has 0 aromatic carbocycles. The molecule has 2 heterocycles. The summed E-state index contributed by atoms with van der Waals surface area (Å²) in [4.78, 5) is 0. The highest BCUT2D eigenvalue weighted by molar-refractivity contribution is 5.01. The van der Waals surface area contributed by atoms with Crippen LogP contribution in [0.25, 0.3) is 0 Å². The lowest BCUT2D eigenvalue weighted by Crippen LogP contribution is -2.68. The SMILES string of the molecule is CC[C@H]1O[C@@H](OC2[C@H](O[C@H]3OC(CO)[C@@H](O)C(O)C3N)C(N)C[C@@H](N)[C@H]2O)C(O)C1O. The van der Waals surface area contributed by atoms with E-state index >= 15 is 0 Å². The quantitative estimate of drug-likeness (QED) is 0.183. The summed E-state index contributed by atoms with van der Waals surface area (Å²) >= 11 is 0. The van der Waals surface area contributed by atoms with Gasteiger partial charge < -0.3 is 66.8 Å². The molecule has 0 spiro atoms. The van der Waals surface area contributed by atoms with Gasteiger partial charge >= 0.3 is 0 Å². The largest absolute Gasteiger partial charge is 0.394 e. The van der Waals surface area contributed by atoms with Crippen LogP contribution in [0.15, 0.2) is 0 Å². The fourth-order valence-electron chi connectivity index (χ4n) is 4.31. The first kappa shape index (κ1) is 25.1. The van der Waals surface area contributed by atoms with Crippen LogP contribution in [0.1, 0.15) is 19.8 Å². The summed E-state index contributed by atoms with van der Waals surface area (Å²) in [6.45, 7) is 1.18. The van der Waals surface area contributed by atoms with Crippen LogP contribution < -0.4 is 17.2 Å². The van der Waals surface area contributed by atoms with E-state index in [2.05, 4.69) is 0 Å². The zero-order valence-corrected chi connectivity index (χ0v) is 17.3. The number of rotatable bonds is 6. The Labute approximate surface area is 179 Å². The van der Waals surface area contributed by atoms with E-state index in [9.17, 15) is 30.6 Å². The Bertz CT molecular complexity index is 589. The summed E-state index contributed by atoms with van der Waals surface area (Å²) in [6, 6.07) is -2.69. The van der Waals surface area contributed by atoms with Crippen molar-refractivity contribution in [2.45, 2.75) is 105 Å². The van der Waals surface area contributed by atoms with Crippen LogP contribution >= 0.6 is 0 Å². The minimum atomic E-state index is -1.44. The molecule has 2 saturated heterocycles. The maximum absolute atomic E-state index is 10.7. The topological polar surface area (TPSA) is 236 Å². The monoisotopic (exact) mass is 453 g/mol. The summed E-state index contributed by atoms with van der Waals surface area (Å²) in [5, 5.41) is 60.5. The first-order chi connectivity index (χ1) is 14.6. The molecule has 0 bridgehead atoms. The Morgan fingerprint density at radius 1 is 0.742 bits per heavy atom. The van der Waals surface area contributed by atoms with E-state index in [-0.39, 0.29) is 6.42 Å². The predicted octanol–water partition coefficient (Wildman–Crippen LogP) is -5.20. The van der Waals surface area contributed by atoms with Gasteiger partial charge in [0.2, 0.25) is 0 Å².